The van der Waals surface area contributed by atoms with Crippen molar-refractivity contribution in [3.63, 3.8) is 0 Å². The number of rotatable bonds is 12. The fraction of sp³-hybridized carbons (Fsp3) is 0.375. The van der Waals surface area contributed by atoms with Crippen molar-refractivity contribution in [1.29, 1.82) is 0 Å². The van der Waals surface area contributed by atoms with Crippen LogP contribution in [0.15, 0.2) is 55.0 Å². The predicted molar refractivity (Wildman–Crippen MR) is 122 cm³/mol. The molecule has 2 atom stereocenters. The SMILES string of the molecule is COCc1cn(-c2ccccc2OC(NCCc2ccc(OC)c(OC)c2)C(C)O)cn1. The Bertz CT molecular complexity index is 989. The van der Waals surface area contributed by atoms with E-state index in [1.807, 2.05) is 53.2 Å². The Morgan fingerprint density at radius 2 is 1.81 bits per heavy atom. The van der Waals surface area contributed by atoms with E-state index in [1.54, 1.807) is 34.6 Å². The van der Waals surface area contributed by atoms with E-state index in [-0.39, 0.29) is 0 Å². The second kappa shape index (κ2) is 11.5. The number of aliphatic hydroxyl groups excluding tert-OH is 1. The van der Waals surface area contributed by atoms with Crippen LogP contribution >= 0.6 is 0 Å². The Balaban J connectivity index is 1.67. The van der Waals surface area contributed by atoms with E-state index in [2.05, 4.69) is 10.3 Å². The van der Waals surface area contributed by atoms with Crippen molar-refractivity contribution in [3.8, 4) is 22.9 Å². The molecule has 0 spiro atoms. The van der Waals surface area contributed by atoms with Crippen molar-refractivity contribution in [2.75, 3.05) is 27.9 Å². The zero-order chi connectivity index (χ0) is 22.9. The molecule has 0 saturated heterocycles. The number of para-hydroxylation sites is 2. The maximum atomic E-state index is 10.3. The molecule has 0 aliphatic rings. The highest BCUT2D eigenvalue weighted by atomic mass is 16.5. The van der Waals surface area contributed by atoms with E-state index >= 15 is 0 Å². The molecular weight excluding hydrogens is 410 g/mol. The van der Waals surface area contributed by atoms with E-state index in [1.165, 1.54) is 0 Å². The molecule has 0 radical (unpaired) electrons. The highest BCUT2D eigenvalue weighted by Gasteiger charge is 2.18. The first-order valence-electron chi connectivity index (χ1n) is 10.5. The van der Waals surface area contributed by atoms with Crippen LogP contribution in [0.4, 0.5) is 0 Å². The summed E-state index contributed by atoms with van der Waals surface area (Å²) in [6.45, 7) is 2.74. The minimum absolute atomic E-state index is 0.435. The normalized spacial score (nSPS) is 12.9. The fourth-order valence-electron chi connectivity index (χ4n) is 3.33. The minimum atomic E-state index is -0.722. The van der Waals surface area contributed by atoms with E-state index in [4.69, 9.17) is 18.9 Å². The topological polar surface area (TPSA) is 87.0 Å². The van der Waals surface area contributed by atoms with Crippen LogP contribution < -0.4 is 19.5 Å². The number of methoxy groups -OCH3 is 3. The Morgan fingerprint density at radius 1 is 1.03 bits per heavy atom. The molecule has 0 fully saturated rings. The molecule has 172 valence electrons. The number of imidazole rings is 1. The van der Waals surface area contributed by atoms with Crippen LogP contribution in [-0.4, -0.2) is 54.9 Å². The summed E-state index contributed by atoms with van der Waals surface area (Å²) in [7, 11) is 4.87. The first-order valence-corrected chi connectivity index (χ1v) is 10.5. The average molecular weight is 442 g/mol. The van der Waals surface area contributed by atoms with Gasteiger partial charge >= 0.3 is 0 Å². The largest absolute Gasteiger partial charge is 0.493 e. The summed E-state index contributed by atoms with van der Waals surface area (Å²) in [5.74, 6) is 2.02. The van der Waals surface area contributed by atoms with Crippen molar-refractivity contribution < 1.29 is 24.1 Å². The van der Waals surface area contributed by atoms with Gasteiger partial charge in [-0.3, -0.25) is 5.32 Å². The molecule has 1 heterocycles. The third-order valence-electron chi connectivity index (χ3n) is 4.97. The van der Waals surface area contributed by atoms with Gasteiger partial charge in [-0.25, -0.2) is 4.98 Å². The van der Waals surface area contributed by atoms with E-state index in [0.717, 1.165) is 23.4 Å². The van der Waals surface area contributed by atoms with Crippen molar-refractivity contribution in [3.05, 3.63) is 66.2 Å². The van der Waals surface area contributed by atoms with Crippen LogP contribution in [0, 0.1) is 0 Å². The van der Waals surface area contributed by atoms with E-state index < -0.39 is 12.3 Å². The van der Waals surface area contributed by atoms with Gasteiger partial charge < -0.3 is 28.6 Å². The van der Waals surface area contributed by atoms with Gasteiger partial charge in [-0.1, -0.05) is 18.2 Å². The van der Waals surface area contributed by atoms with Crippen LogP contribution in [0.2, 0.25) is 0 Å². The Kier molecular flexibility index (Phi) is 8.49. The number of hydrogen-bond acceptors (Lipinski definition) is 7. The zero-order valence-corrected chi connectivity index (χ0v) is 18.9. The number of nitrogens with one attached hydrogen (secondary N) is 1. The van der Waals surface area contributed by atoms with Crippen LogP contribution in [0.25, 0.3) is 5.69 Å². The number of benzene rings is 2. The smallest absolute Gasteiger partial charge is 0.176 e. The van der Waals surface area contributed by atoms with Crippen molar-refractivity contribution in [1.82, 2.24) is 14.9 Å². The van der Waals surface area contributed by atoms with Crippen LogP contribution in [0.1, 0.15) is 18.2 Å². The summed E-state index contributed by atoms with van der Waals surface area (Å²) < 4.78 is 23.8. The summed E-state index contributed by atoms with van der Waals surface area (Å²) in [5.41, 5.74) is 2.74. The molecule has 3 aromatic rings. The van der Waals surface area contributed by atoms with Gasteiger partial charge in [0.05, 0.1) is 38.5 Å². The Labute approximate surface area is 188 Å². The standard InChI is InChI=1S/C24H31N3O5/c1-17(28)24(25-12-11-18-9-10-22(30-3)23(13-18)31-4)32-21-8-6-5-7-20(21)27-14-19(15-29-2)26-16-27/h5-10,13-14,16-17,24-25,28H,11-12,15H2,1-4H3. The lowest BCUT2D eigenvalue weighted by molar-refractivity contribution is 0.0274. The lowest BCUT2D eigenvalue weighted by Gasteiger charge is -2.24. The van der Waals surface area contributed by atoms with E-state index in [0.29, 0.717) is 30.4 Å². The predicted octanol–water partition coefficient (Wildman–Crippen LogP) is 2.95. The fourth-order valence-corrected chi connectivity index (χ4v) is 3.33. The summed E-state index contributed by atoms with van der Waals surface area (Å²) in [4.78, 5) is 4.35. The van der Waals surface area contributed by atoms with Gasteiger partial charge in [0.15, 0.2) is 17.7 Å². The third-order valence-corrected chi connectivity index (χ3v) is 4.97. The van der Waals surface area contributed by atoms with Crippen molar-refractivity contribution in [2.45, 2.75) is 32.3 Å². The zero-order valence-electron chi connectivity index (χ0n) is 18.9. The molecular formula is C24H31N3O5. The Morgan fingerprint density at radius 3 is 2.53 bits per heavy atom. The van der Waals surface area contributed by atoms with Gasteiger partial charge in [0.2, 0.25) is 0 Å². The van der Waals surface area contributed by atoms with Gasteiger partial charge in [-0.05, 0) is 43.2 Å². The first kappa shape index (κ1) is 23.6. The number of ether oxygens (including phenoxy) is 4. The highest BCUT2D eigenvalue weighted by Crippen LogP contribution is 2.28. The second-order valence-electron chi connectivity index (χ2n) is 7.35. The number of aromatic nitrogens is 2. The number of aliphatic hydroxyl groups is 1. The molecule has 2 N–H and O–H groups in total. The van der Waals surface area contributed by atoms with Crippen LogP contribution in [0.5, 0.6) is 17.2 Å². The summed E-state index contributed by atoms with van der Waals surface area (Å²) in [6.07, 6.45) is 3.04. The molecule has 0 saturated carbocycles. The van der Waals surface area contributed by atoms with Gasteiger partial charge in [-0.15, -0.1) is 0 Å². The molecule has 2 aromatic carbocycles. The van der Waals surface area contributed by atoms with Gasteiger partial charge in [0.1, 0.15) is 11.9 Å². The lowest BCUT2D eigenvalue weighted by atomic mass is 10.1. The third kappa shape index (κ3) is 6.00. The molecule has 32 heavy (non-hydrogen) atoms. The Hall–Kier alpha value is -3.07. The monoisotopic (exact) mass is 441 g/mol. The van der Waals surface area contributed by atoms with Gasteiger partial charge in [0.25, 0.3) is 0 Å². The number of nitrogens with zero attached hydrogens (tertiary/aromatic N) is 2. The molecule has 3 rings (SSSR count). The van der Waals surface area contributed by atoms with Crippen molar-refractivity contribution >= 4 is 0 Å². The number of hydrogen-bond donors (Lipinski definition) is 2. The minimum Gasteiger partial charge on any atom is -0.493 e. The van der Waals surface area contributed by atoms with Crippen molar-refractivity contribution in [2.24, 2.45) is 0 Å². The second-order valence-corrected chi connectivity index (χ2v) is 7.35. The van der Waals surface area contributed by atoms with Crippen LogP contribution in [-0.2, 0) is 17.8 Å². The summed E-state index contributed by atoms with van der Waals surface area (Å²) in [5, 5.41) is 13.6. The molecule has 1 aromatic heterocycles. The first-order chi connectivity index (χ1) is 15.5. The summed E-state index contributed by atoms with van der Waals surface area (Å²) >= 11 is 0. The summed E-state index contributed by atoms with van der Waals surface area (Å²) in [6, 6.07) is 13.5. The maximum Gasteiger partial charge on any atom is 0.176 e. The van der Waals surface area contributed by atoms with Gasteiger partial charge in [0, 0.05) is 19.9 Å². The molecule has 0 aliphatic heterocycles. The van der Waals surface area contributed by atoms with Gasteiger partial charge in [-0.2, -0.15) is 0 Å². The molecule has 0 amide bonds. The highest BCUT2D eigenvalue weighted by molar-refractivity contribution is 5.47. The molecule has 8 heteroatoms. The molecule has 0 bridgehead atoms. The molecule has 0 aliphatic carbocycles. The molecule has 8 nitrogen and oxygen atoms in total. The van der Waals surface area contributed by atoms with E-state index in [9.17, 15) is 5.11 Å². The maximum absolute atomic E-state index is 10.3. The quantitative estimate of drug-likeness (QED) is 0.418. The average Bonchev–Trinajstić information content (AvgIpc) is 3.27. The lowest BCUT2D eigenvalue weighted by Crippen LogP contribution is -2.44. The molecule has 2 unspecified atom stereocenters. The van der Waals surface area contributed by atoms with Crippen LogP contribution in [0.3, 0.4) is 0 Å².